The number of aromatic nitrogens is 2. The third kappa shape index (κ3) is 3.67. The number of rotatable bonds is 4. The number of nitrogens with zero attached hydrogens (tertiary/aromatic N) is 4. The third-order valence-electron chi connectivity index (χ3n) is 4.56. The van der Waals surface area contributed by atoms with E-state index in [1.165, 1.54) is 4.88 Å². The molecule has 0 aliphatic carbocycles. The number of hydrogen-bond donors (Lipinski definition) is 0. The molecule has 1 amide bonds. The van der Waals surface area contributed by atoms with Crippen molar-refractivity contribution in [3.63, 3.8) is 0 Å². The fourth-order valence-corrected chi connectivity index (χ4v) is 4.31. The molecule has 134 valence electrons. The van der Waals surface area contributed by atoms with Gasteiger partial charge in [-0.1, -0.05) is 29.8 Å². The maximum absolute atomic E-state index is 13.0. The molecule has 0 saturated carbocycles. The number of carbonyl (C=O) groups excluding carboxylic acids is 1. The van der Waals surface area contributed by atoms with Gasteiger partial charge in [-0.3, -0.25) is 14.3 Å². The standard InChI is InChI=1S/C19H19ClN4OS/c20-18-7-6-16(26-18)13-22-8-10-23(11-9-22)19(25)17-12-21-14-24(17)15-4-2-1-3-5-15/h1-7,12,14H,8-11,13H2. The van der Waals surface area contributed by atoms with Crippen molar-refractivity contribution in [3.05, 3.63) is 69.9 Å². The van der Waals surface area contributed by atoms with Crippen LogP contribution in [0.1, 0.15) is 15.4 Å². The predicted molar refractivity (Wildman–Crippen MR) is 104 cm³/mol. The van der Waals surface area contributed by atoms with Gasteiger partial charge in [0, 0.05) is 43.3 Å². The minimum Gasteiger partial charge on any atom is -0.335 e. The molecule has 1 aliphatic rings. The first-order valence-corrected chi connectivity index (χ1v) is 9.74. The minimum atomic E-state index is 0.0326. The fourth-order valence-electron chi connectivity index (χ4n) is 3.18. The second kappa shape index (κ2) is 7.61. The molecule has 0 bridgehead atoms. The molecular formula is C19H19ClN4OS. The molecule has 0 N–H and O–H groups in total. The van der Waals surface area contributed by atoms with Gasteiger partial charge in [0.25, 0.3) is 5.91 Å². The Morgan fingerprint density at radius 1 is 1.08 bits per heavy atom. The Hall–Kier alpha value is -2.15. The maximum atomic E-state index is 13.0. The Balaban J connectivity index is 1.41. The van der Waals surface area contributed by atoms with Gasteiger partial charge >= 0.3 is 0 Å². The fraction of sp³-hybridized carbons (Fsp3) is 0.263. The van der Waals surface area contributed by atoms with Crippen molar-refractivity contribution in [1.29, 1.82) is 0 Å². The molecule has 1 aromatic carbocycles. The number of thiophene rings is 1. The molecule has 26 heavy (non-hydrogen) atoms. The zero-order valence-corrected chi connectivity index (χ0v) is 15.8. The lowest BCUT2D eigenvalue weighted by atomic mass is 10.2. The van der Waals surface area contributed by atoms with Gasteiger partial charge in [0.15, 0.2) is 0 Å². The van der Waals surface area contributed by atoms with Crippen LogP contribution in [0.25, 0.3) is 5.69 Å². The Labute approximate surface area is 161 Å². The maximum Gasteiger partial charge on any atom is 0.272 e. The van der Waals surface area contributed by atoms with Gasteiger partial charge in [-0.15, -0.1) is 11.3 Å². The van der Waals surface area contributed by atoms with E-state index in [4.69, 9.17) is 11.6 Å². The van der Waals surface area contributed by atoms with Gasteiger partial charge in [-0.2, -0.15) is 0 Å². The summed E-state index contributed by atoms with van der Waals surface area (Å²) in [5.74, 6) is 0.0326. The van der Waals surface area contributed by atoms with Gasteiger partial charge in [0.1, 0.15) is 5.69 Å². The minimum absolute atomic E-state index is 0.0326. The van der Waals surface area contributed by atoms with E-state index in [0.717, 1.165) is 42.7 Å². The molecule has 7 heteroatoms. The highest BCUT2D eigenvalue weighted by molar-refractivity contribution is 7.16. The third-order valence-corrected chi connectivity index (χ3v) is 5.78. The zero-order valence-electron chi connectivity index (χ0n) is 14.2. The molecular weight excluding hydrogens is 368 g/mol. The van der Waals surface area contributed by atoms with Crippen molar-refractivity contribution in [2.45, 2.75) is 6.54 Å². The molecule has 1 fully saturated rings. The van der Waals surface area contributed by atoms with Gasteiger partial charge in [-0.05, 0) is 24.3 Å². The van der Waals surface area contributed by atoms with E-state index in [1.54, 1.807) is 23.9 Å². The van der Waals surface area contributed by atoms with E-state index in [9.17, 15) is 4.79 Å². The number of imidazole rings is 1. The van der Waals surface area contributed by atoms with Crippen molar-refractivity contribution < 1.29 is 4.79 Å². The van der Waals surface area contributed by atoms with Gasteiger partial charge in [0.05, 0.1) is 16.9 Å². The largest absolute Gasteiger partial charge is 0.335 e. The second-order valence-electron chi connectivity index (χ2n) is 6.26. The zero-order chi connectivity index (χ0) is 17.9. The highest BCUT2D eigenvalue weighted by Crippen LogP contribution is 2.23. The lowest BCUT2D eigenvalue weighted by Gasteiger charge is -2.34. The number of amides is 1. The Kier molecular flexibility index (Phi) is 5.06. The number of hydrogen-bond acceptors (Lipinski definition) is 4. The number of benzene rings is 1. The summed E-state index contributed by atoms with van der Waals surface area (Å²) < 4.78 is 2.67. The summed E-state index contributed by atoms with van der Waals surface area (Å²) in [6.07, 6.45) is 3.34. The van der Waals surface area contributed by atoms with E-state index in [0.29, 0.717) is 5.69 Å². The topological polar surface area (TPSA) is 41.4 Å². The van der Waals surface area contributed by atoms with E-state index in [2.05, 4.69) is 16.0 Å². The predicted octanol–water partition coefficient (Wildman–Crippen LogP) is 3.55. The van der Waals surface area contributed by atoms with Gasteiger partial charge in [0.2, 0.25) is 0 Å². The number of para-hydroxylation sites is 1. The molecule has 2 aromatic heterocycles. The van der Waals surface area contributed by atoms with E-state index >= 15 is 0 Å². The molecule has 0 atom stereocenters. The average Bonchev–Trinajstić information content (AvgIpc) is 3.32. The van der Waals surface area contributed by atoms with Crippen molar-refractivity contribution >= 4 is 28.8 Å². The second-order valence-corrected chi connectivity index (χ2v) is 8.06. The summed E-state index contributed by atoms with van der Waals surface area (Å²) in [6, 6.07) is 13.8. The summed E-state index contributed by atoms with van der Waals surface area (Å²) in [5.41, 5.74) is 1.55. The first-order valence-electron chi connectivity index (χ1n) is 8.54. The van der Waals surface area contributed by atoms with E-state index in [-0.39, 0.29) is 5.91 Å². The summed E-state index contributed by atoms with van der Waals surface area (Å²) in [6.45, 7) is 4.05. The quantitative estimate of drug-likeness (QED) is 0.688. The number of halogens is 1. The first kappa shape index (κ1) is 17.3. The summed E-state index contributed by atoms with van der Waals surface area (Å²) in [4.78, 5) is 22.7. The molecule has 3 aromatic rings. The van der Waals surface area contributed by atoms with Crippen LogP contribution in [0.5, 0.6) is 0 Å². The van der Waals surface area contributed by atoms with Crippen molar-refractivity contribution in [2.75, 3.05) is 26.2 Å². The number of carbonyl (C=O) groups is 1. The summed E-state index contributed by atoms with van der Waals surface area (Å²) >= 11 is 7.62. The van der Waals surface area contributed by atoms with Crippen LogP contribution in [-0.2, 0) is 6.54 Å². The first-order chi connectivity index (χ1) is 12.7. The smallest absolute Gasteiger partial charge is 0.272 e. The normalized spacial score (nSPS) is 15.3. The molecule has 0 spiro atoms. The molecule has 0 unspecified atom stereocenters. The van der Waals surface area contributed by atoms with E-state index < -0.39 is 0 Å². The van der Waals surface area contributed by atoms with Gasteiger partial charge < -0.3 is 4.90 Å². The van der Waals surface area contributed by atoms with Crippen LogP contribution in [0.15, 0.2) is 55.0 Å². The molecule has 1 saturated heterocycles. The highest BCUT2D eigenvalue weighted by Gasteiger charge is 2.24. The lowest BCUT2D eigenvalue weighted by Crippen LogP contribution is -2.48. The van der Waals surface area contributed by atoms with E-state index in [1.807, 2.05) is 45.9 Å². The van der Waals surface area contributed by atoms with Crippen LogP contribution in [0, 0.1) is 0 Å². The SMILES string of the molecule is O=C(c1cncn1-c1ccccc1)N1CCN(Cc2ccc(Cl)s2)CC1. The van der Waals surface area contributed by atoms with Gasteiger partial charge in [-0.25, -0.2) is 4.98 Å². The van der Waals surface area contributed by atoms with Crippen LogP contribution in [-0.4, -0.2) is 51.4 Å². The van der Waals surface area contributed by atoms with Crippen LogP contribution < -0.4 is 0 Å². The Morgan fingerprint density at radius 3 is 2.54 bits per heavy atom. The lowest BCUT2D eigenvalue weighted by molar-refractivity contribution is 0.0622. The molecule has 3 heterocycles. The van der Waals surface area contributed by atoms with Crippen LogP contribution in [0.2, 0.25) is 4.34 Å². The van der Waals surface area contributed by atoms with Crippen LogP contribution in [0.3, 0.4) is 0 Å². The average molecular weight is 387 g/mol. The molecule has 4 rings (SSSR count). The molecule has 0 radical (unpaired) electrons. The number of piperazine rings is 1. The van der Waals surface area contributed by atoms with Crippen LogP contribution >= 0.6 is 22.9 Å². The monoisotopic (exact) mass is 386 g/mol. The molecule has 5 nitrogen and oxygen atoms in total. The summed E-state index contributed by atoms with van der Waals surface area (Å²) in [7, 11) is 0. The Morgan fingerprint density at radius 2 is 1.85 bits per heavy atom. The Bertz CT molecular complexity index is 884. The molecule has 1 aliphatic heterocycles. The van der Waals surface area contributed by atoms with Crippen LogP contribution in [0.4, 0.5) is 0 Å². The highest BCUT2D eigenvalue weighted by atomic mass is 35.5. The van der Waals surface area contributed by atoms with Crippen molar-refractivity contribution in [3.8, 4) is 5.69 Å². The van der Waals surface area contributed by atoms with Crippen molar-refractivity contribution in [1.82, 2.24) is 19.4 Å². The summed E-state index contributed by atoms with van der Waals surface area (Å²) in [5, 5.41) is 0. The van der Waals surface area contributed by atoms with Crippen molar-refractivity contribution in [2.24, 2.45) is 0 Å².